The van der Waals surface area contributed by atoms with Crippen molar-refractivity contribution in [1.29, 1.82) is 0 Å². The highest BCUT2D eigenvalue weighted by atomic mass is 19.1. The maximum Gasteiger partial charge on any atom is 0.142 e. The molecule has 16 heavy (non-hydrogen) atoms. The van der Waals surface area contributed by atoms with Crippen molar-refractivity contribution in [3.05, 3.63) is 30.5 Å². The van der Waals surface area contributed by atoms with Crippen LogP contribution in [-0.4, -0.2) is 14.8 Å². The maximum absolute atomic E-state index is 13.0. The monoisotopic (exact) mass is 220 g/mol. The first-order valence-corrected chi connectivity index (χ1v) is 5.03. The van der Waals surface area contributed by atoms with E-state index >= 15 is 0 Å². The van der Waals surface area contributed by atoms with Crippen LogP contribution in [0.3, 0.4) is 0 Å². The zero-order valence-electron chi connectivity index (χ0n) is 9.18. The number of hydrogen-bond acceptors (Lipinski definition) is 3. The molecule has 0 saturated carbocycles. The van der Waals surface area contributed by atoms with Gasteiger partial charge in [0.2, 0.25) is 0 Å². The molecule has 0 aliphatic rings. The van der Waals surface area contributed by atoms with E-state index in [1.807, 2.05) is 13.8 Å². The Labute approximate surface area is 92.9 Å². The number of halogens is 1. The molecule has 0 aliphatic heterocycles. The molecule has 4 nitrogen and oxygen atoms in total. The lowest BCUT2D eigenvalue weighted by Crippen LogP contribution is -2.00. The van der Waals surface area contributed by atoms with Gasteiger partial charge >= 0.3 is 0 Å². The Hall–Kier alpha value is -1.91. The Kier molecular flexibility index (Phi) is 2.60. The van der Waals surface area contributed by atoms with E-state index < -0.39 is 5.82 Å². The number of nitrogen functional groups attached to an aromatic ring is 1. The molecule has 0 atom stereocenters. The second kappa shape index (κ2) is 3.92. The lowest BCUT2D eigenvalue weighted by Gasteiger charge is -2.03. The fraction of sp³-hybridized carbons (Fsp3) is 0.273. The van der Waals surface area contributed by atoms with E-state index in [2.05, 4.69) is 10.1 Å². The van der Waals surface area contributed by atoms with Crippen LogP contribution in [0.1, 0.15) is 19.9 Å². The Bertz CT molecular complexity index is 504. The Balaban J connectivity index is 2.48. The van der Waals surface area contributed by atoms with Gasteiger partial charge < -0.3 is 5.73 Å². The van der Waals surface area contributed by atoms with Crippen LogP contribution < -0.4 is 5.73 Å². The third-order valence-electron chi connectivity index (χ3n) is 2.27. The van der Waals surface area contributed by atoms with E-state index in [1.54, 1.807) is 17.1 Å². The molecular weight excluding hydrogens is 207 g/mol. The van der Waals surface area contributed by atoms with Crippen molar-refractivity contribution in [2.24, 2.45) is 0 Å². The molecule has 0 unspecified atom stereocenters. The highest BCUT2D eigenvalue weighted by Crippen LogP contribution is 2.24. The largest absolute Gasteiger partial charge is 0.396 e. The van der Waals surface area contributed by atoms with Crippen molar-refractivity contribution in [3.8, 4) is 11.3 Å². The van der Waals surface area contributed by atoms with Crippen molar-refractivity contribution < 1.29 is 4.39 Å². The first-order valence-electron chi connectivity index (χ1n) is 5.03. The van der Waals surface area contributed by atoms with Crippen LogP contribution in [0.25, 0.3) is 11.3 Å². The summed E-state index contributed by atoms with van der Waals surface area (Å²) in [7, 11) is 0. The third kappa shape index (κ3) is 1.88. The molecule has 0 aromatic carbocycles. The van der Waals surface area contributed by atoms with E-state index in [0.29, 0.717) is 16.9 Å². The number of anilines is 1. The molecule has 0 spiro atoms. The summed E-state index contributed by atoms with van der Waals surface area (Å²) < 4.78 is 14.8. The highest BCUT2D eigenvalue weighted by molar-refractivity contribution is 5.71. The summed E-state index contributed by atoms with van der Waals surface area (Å²) in [5, 5.41) is 4.31. The summed E-state index contributed by atoms with van der Waals surface area (Å²) >= 11 is 0. The van der Waals surface area contributed by atoms with Gasteiger partial charge in [0.1, 0.15) is 11.5 Å². The van der Waals surface area contributed by atoms with Crippen molar-refractivity contribution in [3.63, 3.8) is 0 Å². The topological polar surface area (TPSA) is 56.7 Å². The van der Waals surface area contributed by atoms with Gasteiger partial charge in [-0.05, 0) is 19.9 Å². The molecule has 0 fully saturated rings. The van der Waals surface area contributed by atoms with Gasteiger partial charge in [0.15, 0.2) is 0 Å². The summed E-state index contributed by atoms with van der Waals surface area (Å²) in [6.45, 7) is 4.00. The molecule has 0 saturated heterocycles. The number of aromatic nitrogens is 3. The zero-order chi connectivity index (χ0) is 11.7. The van der Waals surface area contributed by atoms with Crippen LogP contribution in [0.5, 0.6) is 0 Å². The lowest BCUT2D eigenvalue weighted by atomic mass is 10.2. The Morgan fingerprint density at radius 1 is 1.38 bits per heavy atom. The molecule has 2 aromatic heterocycles. The van der Waals surface area contributed by atoms with Crippen molar-refractivity contribution in [2.45, 2.75) is 19.9 Å². The third-order valence-corrected chi connectivity index (χ3v) is 2.27. The van der Waals surface area contributed by atoms with Gasteiger partial charge in [-0.15, -0.1) is 0 Å². The minimum Gasteiger partial charge on any atom is -0.396 e. The van der Waals surface area contributed by atoms with Gasteiger partial charge in [-0.2, -0.15) is 5.10 Å². The summed E-state index contributed by atoms with van der Waals surface area (Å²) in [6, 6.07) is 1.59. The van der Waals surface area contributed by atoms with Crippen LogP contribution in [0, 0.1) is 5.82 Å². The molecule has 5 heteroatoms. The average Bonchev–Trinajstić information content (AvgIpc) is 2.60. The highest BCUT2D eigenvalue weighted by Gasteiger charge is 2.10. The minimum atomic E-state index is -0.393. The number of nitrogens with zero attached hydrogens (tertiary/aromatic N) is 3. The van der Waals surface area contributed by atoms with Crippen LogP contribution in [0.15, 0.2) is 24.7 Å². The van der Waals surface area contributed by atoms with Gasteiger partial charge in [0.25, 0.3) is 0 Å². The summed E-state index contributed by atoms with van der Waals surface area (Å²) in [5.74, 6) is -0.393. The molecule has 2 heterocycles. The SMILES string of the molecule is CC(C)n1cc(N)c(-c2cncc(F)c2)n1. The molecular formula is C11H13FN4. The van der Waals surface area contributed by atoms with Crippen LogP contribution in [-0.2, 0) is 0 Å². The minimum absolute atomic E-state index is 0.220. The fourth-order valence-electron chi connectivity index (χ4n) is 1.44. The predicted octanol–water partition coefficient (Wildman–Crippen LogP) is 2.25. The average molecular weight is 220 g/mol. The number of pyridine rings is 1. The van der Waals surface area contributed by atoms with Crippen LogP contribution in [0.4, 0.5) is 10.1 Å². The predicted molar refractivity (Wildman–Crippen MR) is 60.2 cm³/mol. The second-order valence-electron chi connectivity index (χ2n) is 3.90. The van der Waals surface area contributed by atoms with Gasteiger partial charge in [-0.25, -0.2) is 4.39 Å². The standard InChI is InChI=1S/C11H13FN4/c1-7(2)16-6-10(13)11(15-16)8-3-9(12)5-14-4-8/h3-7H,13H2,1-2H3. The van der Waals surface area contributed by atoms with E-state index in [-0.39, 0.29) is 6.04 Å². The normalized spacial score (nSPS) is 11.0. The van der Waals surface area contributed by atoms with Gasteiger partial charge in [0, 0.05) is 24.0 Å². The summed E-state index contributed by atoms with van der Waals surface area (Å²) in [6.07, 6.45) is 4.44. The zero-order valence-corrected chi connectivity index (χ0v) is 9.18. The molecule has 0 bridgehead atoms. The second-order valence-corrected chi connectivity index (χ2v) is 3.90. The number of hydrogen-bond donors (Lipinski definition) is 1. The molecule has 2 aromatic rings. The lowest BCUT2D eigenvalue weighted by molar-refractivity contribution is 0.534. The first kappa shape index (κ1) is 10.6. The Morgan fingerprint density at radius 3 is 2.69 bits per heavy atom. The maximum atomic E-state index is 13.0. The number of rotatable bonds is 2. The van der Waals surface area contributed by atoms with Crippen molar-refractivity contribution in [2.75, 3.05) is 5.73 Å². The molecule has 0 amide bonds. The molecule has 0 radical (unpaired) electrons. The summed E-state index contributed by atoms with van der Waals surface area (Å²) in [5.41, 5.74) is 7.52. The Morgan fingerprint density at radius 2 is 2.12 bits per heavy atom. The van der Waals surface area contributed by atoms with Crippen molar-refractivity contribution >= 4 is 5.69 Å². The van der Waals surface area contributed by atoms with E-state index in [0.717, 1.165) is 6.20 Å². The van der Waals surface area contributed by atoms with E-state index in [9.17, 15) is 4.39 Å². The van der Waals surface area contributed by atoms with Gasteiger partial charge in [-0.1, -0.05) is 0 Å². The molecule has 2 rings (SSSR count). The van der Waals surface area contributed by atoms with Gasteiger partial charge in [-0.3, -0.25) is 9.67 Å². The molecule has 84 valence electrons. The first-order chi connectivity index (χ1) is 7.58. The fourth-order valence-corrected chi connectivity index (χ4v) is 1.44. The van der Waals surface area contributed by atoms with Crippen LogP contribution >= 0.6 is 0 Å². The molecule has 2 N–H and O–H groups in total. The van der Waals surface area contributed by atoms with Crippen molar-refractivity contribution in [1.82, 2.24) is 14.8 Å². The quantitative estimate of drug-likeness (QED) is 0.844. The van der Waals surface area contributed by atoms with E-state index in [1.165, 1.54) is 6.07 Å². The smallest absolute Gasteiger partial charge is 0.142 e. The molecule has 0 aliphatic carbocycles. The van der Waals surface area contributed by atoms with Gasteiger partial charge in [0.05, 0.1) is 11.9 Å². The van der Waals surface area contributed by atoms with Crippen LogP contribution in [0.2, 0.25) is 0 Å². The number of nitrogens with two attached hydrogens (primary N) is 1. The van der Waals surface area contributed by atoms with E-state index in [4.69, 9.17) is 5.73 Å². The summed E-state index contributed by atoms with van der Waals surface area (Å²) in [4.78, 5) is 3.78.